The third-order valence-corrected chi connectivity index (χ3v) is 2.94. The Labute approximate surface area is 122 Å². The summed E-state index contributed by atoms with van der Waals surface area (Å²) in [4.78, 5) is 0. The summed E-state index contributed by atoms with van der Waals surface area (Å²) in [6.07, 6.45) is -0.548. The Morgan fingerprint density at radius 1 is 1.20 bits per heavy atom. The van der Waals surface area contributed by atoms with Gasteiger partial charge in [0.1, 0.15) is 6.10 Å². The van der Waals surface area contributed by atoms with Crippen LogP contribution in [0.15, 0.2) is 30.3 Å². The third-order valence-electron chi connectivity index (χ3n) is 2.94. The fourth-order valence-corrected chi connectivity index (χ4v) is 1.90. The first-order chi connectivity index (χ1) is 9.53. The van der Waals surface area contributed by atoms with Gasteiger partial charge in [0.15, 0.2) is 0 Å². The molecule has 1 atom stereocenters. The van der Waals surface area contributed by atoms with Crippen LogP contribution in [-0.4, -0.2) is 44.7 Å². The first-order valence-corrected chi connectivity index (χ1v) is 7.03. The molecule has 0 spiro atoms. The summed E-state index contributed by atoms with van der Waals surface area (Å²) in [5.41, 5.74) is 1.31. The molecule has 4 nitrogen and oxygen atoms in total. The summed E-state index contributed by atoms with van der Waals surface area (Å²) in [6.45, 7) is 7.25. The summed E-state index contributed by atoms with van der Waals surface area (Å²) in [6, 6.07) is 10.3. The second-order valence-electron chi connectivity index (χ2n) is 5.88. The Balaban J connectivity index is 2.17. The fraction of sp³-hybridized carbons (Fsp3) is 0.625. The topological polar surface area (TPSA) is 50.7 Å². The molecule has 0 radical (unpaired) electrons. The molecule has 0 amide bonds. The molecule has 1 rings (SSSR count). The molecule has 0 heterocycles. The van der Waals surface area contributed by atoms with E-state index in [2.05, 4.69) is 31.3 Å². The van der Waals surface area contributed by atoms with Gasteiger partial charge in [-0.3, -0.25) is 0 Å². The van der Waals surface area contributed by atoms with E-state index >= 15 is 0 Å². The average Bonchev–Trinajstić information content (AvgIpc) is 2.40. The molecule has 0 aliphatic rings. The minimum absolute atomic E-state index is 0.0293. The Hall–Kier alpha value is -0.940. The minimum Gasteiger partial charge on any atom is -0.388 e. The number of rotatable bonds is 10. The lowest BCUT2D eigenvalue weighted by Crippen LogP contribution is -2.34. The number of methoxy groups -OCH3 is 1. The van der Waals surface area contributed by atoms with Crippen LogP contribution in [0.3, 0.4) is 0 Å². The maximum Gasteiger partial charge on any atom is 0.101 e. The summed E-state index contributed by atoms with van der Waals surface area (Å²) in [7, 11) is 1.57. The van der Waals surface area contributed by atoms with Crippen LogP contribution in [0, 0.1) is 5.41 Å². The van der Waals surface area contributed by atoms with Crippen molar-refractivity contribution in [1.82, 2.24) is 5.32 Å². The average molecular weight is 281 g/mol. The van der Waals surface area contributed by atoms with Gasteiger partial charge < -0.3 is 19.9 Å². The van der Waals surface area contributed by atoms with Gasteiger partial charge in [0.05, 0.1) is 19.8 Å². The van der Waals surface area contributed by atoms with Crippen molar-refractivity contribution in [1.29, 1.82) is 0 Å². The number of hydrogen-bond donors (Lipinski definition) is 2. The zero-order valence-electron chi connectivity index (χ0n) is 12.8. The van der Waals surface area contributed by atoms with E-state index in [-0.39, 0.29) is 5.41 Å². The Kier molecular flexibility index (Phi) is 7.77. The Morgan fingerprint density at radius 3 is 2.55 bits per heavy atom. The van der Waals surface area contributed by atoms with Crippen molar-refractivity contribution >= 4 is 0 Å². The van der Waals surface area contributed by atoms with Crippen molar-refractivity contribution in [3.63, 3.8) is 0 Å². The number of aliphatic hydroxyl groups is 1. The molecule has 0 bridgehead atoms. The number of benzene rings is 1. The van der Waals surface area contributed by atoms with Crippen LogP contribution < -0.4 is 5.32 Å². The van der Waals surface area contributed by atoms with E-state index in [1.54, 1.807) is 7.11 Å². The fourth-order valence-electron chi connectivity index (χ4n) is 1.90. The molecule has 0 saturated carbocycles. The summed E-state index contributed by atoms with van der Waals surface area (Å²) < 4.78 is 10.4. The van der Waals surface area contributed by atoms with Crippen molar-refractivity contribution in [3.05, 3.63) is 35.9 Å². The Bertz CT molecular complexity index is 354. The lowest BCUT2D eigenvalue weighted by atomic mass is 9.95. The molecular formula is C16H27NO3. The molecule has 20 heavy (non-hydrogen) atoms. The second-order valence-corrected chi connectivity index (χ2v) is 5.88. The van der Waals surface area contributed by atoms with Gasteiger partial charge in [-0.05, 0) is 5.56 Å². The molecular weight excluding hydrogens is 254 g/mol. The molecule has 114 valence electrons. The highest BCUT2D eigenvalue weighted by Gasteiger charge is 2.18. The Morgan fingerprint density at radius 2 is 1.90 bits per heavy atom. The predicted octanol–water partition coefficient (Wildman–Crippen LogP) is 1.83. The van der Waals surface area contributed by atoms with Crippen LogP contribution in [0.1, 0.15) is 19.4 Å². The summed E-state index contributed by atoms with van der Waals surface area (Å²) in [5, 5.41) is 12.9. The van der Waals surface area contributed by atoms with Gasteiger partial charge in [-0.25, -0.2) is 0 Å². The molecule has 0 aliphatic carbocycles. The zero-order valence-corrected chi connectivity index (χ0v) is 12.8. The molecule has 1 aromatic carbocycles. The second kappa shape index (κ2) is 9.08. The number of aliphatic hydroxyl groups excluding tert-OH is 1. The van der Waals surface area contributed by atoms with Crippen molar-refractivity contribution in [2.24, 2.45) is 5.41 Å². The number of nitrogens with one attached hydrogen (secondary N) is 1. The molecule has 2 N–H and O–H groups in total. The number of hydrogen-bond acceptors (Lipinski definition) is 4. The van der Waals surface area contributed by atoms with Crippen LogP contribution in [0.25, 0.3) is 0 Å². The van der Waals surface area contributed by atoms with Crippen molar-refractivity contribution < 1.29 is 14.6 Å². The summed E-state index contributed by atoms with van der Waals surface area (Å²) >= 11 is 0. The van der Waals surface area contributed by atoms with E-state index in [0.29, 0.717) is 19.8 Å². The molecule has 0 saturated heterocycles. The van der Waals surface area contributed by atoms with Crippen LogP contribution in [0.2, 0.25) is 0 Å². The van der Waals surface area contributed by atoms with Gasteiger partial charge in [0, 0.05) is 25.6 Å². The molecule has 1 aromatic rings. The van der Waals surface area contributed by atoms with Gasteiger partial charge in [-0.2, -0.15) is 0 Å². The molecule has 0 aliphatic heterocycles. The van der Waals surface area contributed by atoms with Crippen LogP contribution in [0.4, 0.5) is 0 Å². The standard InChI is InChI=1S/C16H27NO3/c1-16(2,13-20-11-15(18)10-19-3)12-17-9-14-7-5-4-6-8-14/h4-8,15,17-18H,9-13H2,1-3H3. The minimum atomic E-state index is -0.548. The highest BCUT2D eigenvalue weighted by atomic mass is 16.5. The maximum absolute atomic E-state index is 9.51. The molecule has 4 heteroatoms. The monoisotopic (exact) mass is 281 g/mol. The predicted molar refractivity (Wildman–Crippen MR) is 80.6 cm³/mol. The van der Waals surface area contributed by atoms with Crippen LogP contribution in [-0.2, 0) is 16.0 Å². The molecule has 1 unspecified atom stereocenters. The lowest BCUT2D eigenvalue weighted by Gasteiger charge is -2.25. The van der Waals surface area contributed by atoms with Gasteiger partial charge >= 0.3 is 0 Å². The third kappa shape index (κ3) is 7.60. The highest BCUT2D eigenvalue weighted by molar-refractivity contribution is 5.14. The van der Waals surface area contributed by atoms with E-state index in [1.165, 1.54) is 5.56 Å². The SMILES string of the molecule is COCC(O)COCC(C)(C)CNCc1ccccc1. The van der Waals surface area contributed by atoms with Crippen molar-refractivity contribution in [2.45, 2.75) is 26.5 Å². The largest absolute Gasteiger partial charge is 0.388 e. The normalized spacial score (nSPS) is 13.4. The summed E-state index contributed by atoms with van der Waals surface area (Å²) in [5.74, 6) is 0. The van der Waals surface area contributed by atoms with Gasteiger partial charge in [-0.1, -0.05) is 44.2 Å². The van der Waals surface area contributed by atoms with E-state index in [1.807, 2.05) is 18.2 Å². The van der Waals surface area contributed by atoms with E-state index in [0.717, 1.165) is 13.1 Å². The molecule has 0 fully saturated rings. The quantitative estimate of drug-likeness (QED) is 0.687. The van der Waals surface area contributed by atoms with Gasteiger partial charge in [-0.15, -0.1) is 0 Å². The number of ether oxygens (including phenoxy) is 2. The zero-order chi connectivity index (χ0) is 14.8. The maximum atomic E-state index is 9.51. The lowest BCUT2D eigenvalue weighted by molar-refractivity contribution is -0.0264. The molecule has 0 aromatic heterocycles. The van der Waals surface area contributed by atoms with Crippen LogP contribution in [0.5, 0.6) is 0 Å². The first kappa shape index (κ1) is 17.1. The van der Waals surface area contributed by atoms with Crippen molar-refractivity contribution in [2.75, 3.05) is 33.5 Å². The van der Waals surface area contributed by atoms with Gasteiger partial charge in [0.25, 0.3) is 0 Å². The highest BCUT2D eigenvalue weighted by Crippen LogP contribution is 2.14. The van der Waals surface area contributed by atoms with E-state index in [4.69, 9.17) is 9.47 Å². The first-order valence-electron chi connectivity index (χ1n) is 7.03. The smallest absolute Gasteiger partial charge is 0.101 e. The van der Waals surface area contributed by atoms with Crippen LogP contribution >= 0.6 is 0 Å². The van der Waals surface area contributed by atoms with E-state index in [9.17, 15) is 5.11 Å². The van der Waals surface area contributed by atoms with E-state index < -0.39 is 6.10 Å². The van der Waals surface area contributed by atoms with Crippen molar-refractivity contribution in [3.8, 4) is 0 Å². The van der Waals surface area contributed by atoms with Gasteiger partial charge in [0.2, 0.25) is 0 Å².